The van der Waals surface area contributed by atoms with Crippen LogP contribution < -0.4 is 9.80 Å². The molecule has 2 amide bonds. The number of rotatable bonds is 6. The van der Waals surface area contributed by atoms with Gasteiger partial charge in [0.05, 0.1) is 0 Å². The van der Waals surface area contributed by atoms with Crippen molar-refractivity contribution in [3.8, 4) is 0 Å². The Balaban J connectivity index is 1.40. The molecule has 2 aliphatic rings. The second-order valence-electron chi connectivity index (χ2n) is 9.96. The number of piperidine rings is 1. The largest absolute Gasteiger partial charge is 0.471 e. The zero-order valence-electron chi connectivity index (χ0n) is 21.5. The van der Waals surface area contributed by atoms with E-state index in [1.54, 1.807) is 29.2 Å². The normalized spacial score (nSPS) is 16.4. The van der Waals surface area contributed by atoms with Crippen LogP contribution in [0.3, 0.4) is 0 Å². The highest BCUT2D eigenvalue weighted by molar-refractivity contribution is 6.05. The van der Waals surface area contributed by atoms with Crippen LogP contribution in [-0.2, 0) is 22.6 Å². The van der Waals surface area contributed by atoms with Gasteiger partial charge >= 0.3 is 12.1 Å². The summed E-state index contributed by atoms with van der Waals surface area (Å²) in [5.74, 6) is -2.12. The molecule has 0 unspecified atom stereocenters. The molecule has 0 aliphatic carbocycles. The van der Waals surface area contributed by atoms with Crippen molar-refractivity contribution in [2.75, 3.05) is 29.4 Å². The molecule has 0 N–H and O–H groups in total. The SMILES string of the molecule is O=C(/C=C\c1ccccc1)N(c1ccc2c(c1)N(C(=O)C(F)(F)F)CC2)C1CCN(Cc2ccccc2)CC1. The molecule has 1 fully saturated rings. The summed E-state index contributed by atoms with van der Waals surface area (Å²) in [6.07, 6.45) is 0.0820. The Bertz CT molecular complexity index is 1330. The molecule has 0 bridgehead atoms. The molecule has 0 spiro atoms. The topological polar surface area (TPSA) is 43.9 Å². The van der Waals surface area contributed by atoms with Gasteiger partial charge in [0.1, 0.15) is 0 Å². The lowest BCUT2D eigenvalue weighted by Crippen LogP contribution is -2.47. The predicted molar refractivity (Wildman–Crippen MR) is 146 cm³/mol. The maximum Gasteiger partial charge on any atom is 0.471 e. The van der Waals surface area contributed by atoms with Crippen LogP contribution in [0, 0.1) is 0 Å². The first-order valence-electron chi connectivity index (χ1n) is 13.1. The van der Waals surface area contributed by atoms with Crippen molar-refractivity contribution in [2.24, 2.45) is 0 Å². The highest BCUT2D eigenvalue weighted by Gasteiger charge is 2.45. The zero-order chi connectivity index (χ0) is 27.4. The minimum absolute atomic E-state index is 0.0309. The van der Waals surface area contributed by atoms with Gasteiger partial charge in [-0.1, -0.05) is 66.7 Å². The fourth-order valence-electron chi connectivity index (χ4n) is 5.39. The standard InChI is InChI=1S/C31H30F3N3O2/c32-31(33,34)30(39)36-20-15-25-12-13-27(21-28(25)36)37(29(38)14-11-23-7-3-1-4-8-23)26-16-18-35(19-17-26)22-24-9-5-2-6-10-24/h1-14,21,26H,15-20,22H2/b14-11-. The number of carbonyl (C=O) groups excluding carboxylic acids is 2. The van der Waals surface area contributed by atoms with Crippen LogP contribution in [-0.4, -0.2) is 48.6 Å². The molecule has 2 heterocycles. The molecule has 3 aromatic carbocycles. The smallest absolute Gasteiger partial charge is 0.306 e. The number of fused-ring (bicyclic) bond motifs is 1. The van der Waals surface area contributed by atoms with Crippen LogP contribution in [0.2, 0.25) is 0 Å². The molecular weight excluding hydrogens is 503 g/mol. The van der Waals surface area contributed by atoms with E-state index in [2.05, 4.69) is 17.0 Å². The van der Waals surface area contributed by atoms with Gasteiger partial charge < -0.3 is 9.80 Å². The van der Waals surface area contributed by atoms with Gasteiger partial charge in [0.15, 0.2) is 0 Å². The average molecular weight is 534 g/mol. The summed E-state index contributed by atoms with van der Waals surface area (Å²) in [7, 11) is 0. The maximum absolute atomic E-state index is 13.6. The molecule has 3 aromatic rings. The van der Waals surface area contributed by atoms with E-state index in [1.807, 2.05) is 48.5 Å². The van der Waals surface area contributed by atoms with Crippen molar-refractivity contribution in [2.45, 2.75) is 38.0 Å². The Morgan fingerprint density at radius 3 is 2.23 bits per heavy atom. The number of hydrogen-bond donors (Lipinski definition) is 0. The van der Waals surface area contributed by atoms with E-state index in [1.165, 1.54) is 11.6 Å². The highest BCUT2D eigenvalue weighted by Crippen LogP contribution is 2.36. The number of likely N-dealkylation sites (tertiary alicyclic amines) is 1. The van der Waals surface area contributed by atoms with E-state index >= 15 is 0 Å². The number of hydrogen-bond acceptors (Lipinski definition) is 3. The zero-order valence-corrected chi connectivity index (χ0v) is 21.5. The number of benzene rings is 3. The highest BCUT2D eigenvalue weighted by atomic mass is 19.4. The first kappa shape index (κ1) is 26.7. The number of anilines is 2. The molecule has 39 heavy (non-hydrogen) atoms. The van der Waals surface area contributed by atoms with Crippen molar-refractivity contribution in [3.05, 3.63) is 102 Å². The van der Waals surface area contributed by atoms with Gasteiger partial charge in [-0.05, 0) is 54.2 Å². The fourth-order valence-corrected chi connectivity index (χ4v) is 5.39. The van der Waals surface area contributed by atoms with Crippen LogP contribution in [0.1, 0.15) is 29.5 Å². The lowest BCUT2D eigenvalue weighted by Gasteiger charge is -2.38. The second kappa shape index (κ2) is 11.5. The van der Waals surface area contributed by atoms with Crippen LogP contribution in [0.5, 0.6) is 0 Å². The summed E-state index contributed by atoms with van der Waals surface area (Å²) in [4.78, 5) is 30.5. The summed E-state index contributed by atoms with van der Waals surface area (Å²) in [6, 6.07) is 24.6. The van der Waals surface area contributed by atoms with Gasteiger partial charge in [0.25, 0.3) is 5.91 Å². The quantitative estimate of drug-likeness (QED) is 0.374. The first-order chi connectivity index (χ1) is 18.8. The van der Waals surface area contributed by atoms with E-state index < -0.39 is 12.1 Å². The first-order valence-corrected chi connectivity index (χ1v) is 13.1. The molecule has 0 aromatic heterocycles. The summed E-state index contributed by atoms with van der Waals surface area (Å²) in [5.41, 5.74) is 3.49. The van der Waals surface area contributed by atoms with E-state index in [4.69, 9.17) is 0 Å². The number of halogens is 3. The Labute approximate surface area is 226 Å². The number of carbonyl (C=O) groups is 2. The van der Waals surface area contributed by atoms with E-state index in [9.17, 15) is 22.8 Å². The van der Waals surface area contributed by atoms with E-state index in [-0.39, 0.29) is 24.2 Å². The number of alkyl halides is 3. The van der Waals surface area contributed by atoms with Crippen molar-refractivity contribution < 1.29 is 22.8 Å². The second-order valence-corrected chi connectivity index (χ2v) is 9.96. The summed E-state index contributed by atoms with van der Waals surface area (Å²) >= 11 is 0. The van der Waals surface area contributed by atoms with Gasteiger partial charge in [-0.3, -0.25) is 14.5 Å². The van der Waals surface area contributed by atoms with Crippen LogP contribution in [0.15, 0.2) is 84.9 Å². The lowest BCUT2D eigenvalue weighted by molar-refractivity contribution is -0.170. The predicted octanol–water partition coefficient (Wildman–Crippen LogP) is 5.85. The minimum atomic E-state index is -4.96. The average Bonchev–Trinajstić information content (AvgIpc) is 3.36. The molecule has 0 atom stereocenters. The van der Waals surface area contributed by atoms with Gasteiger partial charge in [0, 0.05) is 49.7 Å². The number of nitrogens with zero attached hydrogens (tertiary/aromatic N) is 3. The summed E-state index contributed by atoms with van der Waals surface area (Å²) in [6.45, 7) is 2.37. The monoisotopic (exact) mass is 533 g/mol. The molecule has 1 saturated heterocycles. The van der Waals surface area contributed by atoms with Crippen molar-refractivity contribution >= 4 is 29.3 Å². The third kappa shape index (κ3) is 6.23. The third-order valence-corrected chi connectivity index (χ3v) is 7.36. The molecule has 5 nitrogen and oxygen atoms in total. The Hall–Kier alpha value is -3.91. The van der Waals surface area contributed by atoms with E-state index in [0.29, 0.717) is 17.7 Å². The lowest BCUT2D eigenvalue weighted by atomic mass is 10.0. The van der Waals surface area contributed by atoms with Crippen LogP contribution in [0.25, 0.3) is 6.08 Å². The minimum Gasteiger partial charge on any atom is -0.306 e. The number of amides is 2. The van der Waals surface area contributed by atoms with Gasteiger partial charge in [-0.2, -0.15) is 13.2 Å². The Kier molecular flexibility index (Phi) is 7.84. The fraction of sp³-hybridized carbons (Fsp3) is 0.290. The molecule has 2 aliphatic heterocycles. The molecule has 0 radical (unpaired) electrons. The molecule has 0 saturated carbocycles. The molecular formula is C31H30F3N3O2. The Morgan fingerprint density at radius 1 is 0.897 bits per heavy atom. The van der Waals surface area contributed by atoms with Gasteiger partial charge in [0.2, 0.25) is 0 Å². The summed E-state index contributed by atoms with van der Waals surface area (Å²) in [5, 5.41) is 0. The molecule has 202 valence electrons. The van der Waals surface area contributed by atoms with Crippen molar-refractivity contribution in [3.63, 3.8) is 0 Å². The van der Waals surface area contributed by atoms with Crippen molar-refractivity contribution in [1.29, 1.82) is 0 Å². The van der Waals surface area contributed by atoms with Gasteiger partial charge in [-0.25, -0.2) is 0 Å². The van der Waals surface area contributed by atoms with Crippen molar-refractivity contribution in [1.82, 2.24) is 4.90 Å². The Morgan fingerprint density at radius 2 is 1.56 bits per heavy atom. The van der Waals surface area contributed by atoms with Gasteiger partial charge in [-0.15, -0.1) is 0 Å². The maximum atomic E-state index is 13.6. The molecule has 8 heteroatoms. The third-order valence-electron chi connectivity index (χ3n) is 7.36. The summed E-state index contributed by atoms with van der Waals surface area (Å²) < 4.78 is 39.8. The van der Waals surface area contributed by atoms with Crippen LogP contribution >= 0.6 is 0 Å². The van der Waals surface area contributed by atoms with Crippen LogP contribution in [0.4, 0.5) is 24.5 Å². The van der Waals surface area contributed by atoms with E-state index in [0.717, 1.165) is 42.9 Å². The molecule has 5 rings (SSSR count).